The average Bonchev–Trinajstić information content (AvgIpc) is 2.77. The molecule has 2 atom stereocenters. The molecule has 2 rings (SSSR count). The molecule has 0 bridgehead atoms. The van der Waals surface area contributed by atoms with Crippen LogP contribution >= 0.6 is 0 Å². The standard InChI is InChI=1S/C15H21N3O3/c1-4-8-17-14(16-12(5-2)15(17)19)11-7-6-10(3)13(9-11)18(20)21/h6-7,9,12,14,16H,4-5,8H2,1-3H3. The van der Waals surface area contributed by atoms with E-state index < -0.39 is 0 Å². The third-order valence-electron chi connectivity index (χ3n) is 3.87. The maximum atomic E-state index is 12.3. The number of nitrogens with one attached hydrogen (secondary N) is 1. The number of nitro benzene ring substituents is 1. The predicted octanol–water partition coefficient (Wildman–Crippen LogP) is 2.52. The van der Waals surface area contributed by atoms with Crippen molar-refractivity contribution in [1.82, 2.24) is 10.2 Å². The third kappa shape index (κ3) is 2.90. The summed E-state index contributed by atoms with van der Waals surface area (Å²) in [6, 6.07) is 4.96. The van der Waals surface area contributed by atoms with Crippen LogP contribution in [-0.2, 0) is 4.79 Å². The Balaban J connectivity index is 2.37. The highest BCUT2D eigenvalue weighted by Crippen LogP contribution is 2.30. The van der Waals surface area contributed by atoms with Gasteiger partial charge in [0.1, 0.15) is 6.17 Å². The summed E-state index contributed by atoms with van der Waals surface area (Å²) in [5.74, 6) is 0.0765. The van der Waals surface area contributed by atoms with Crippen molar-refractivity contribution in [2.24, 2.45) is 0 Å². The van der Waals surface area contributed by atoms with E-state index >= 15 is 0 Å². The molecule has 1 heterocycles. The number of carbonyl (C=O) groups is 1. The Morgan fingerprint density at radius 1 is 1.38 bits per heavy atom. The molecule has 1 amide bonds. The summed E-state index contributed by atoms with van der Waals surface area (Å²) in [4.78, 5) is 24.8. The summed E-state index contributed by atoms with van der Waals surface area (Å²) in [6.45, 7) is 6.34. The first-order chi connectivity index (χ1) is 9.99. The van der Waals surface area contributed by atoms with Crippen molar-refractivity contribution in [3.63, 3.8) is 0 Å². The first kappa shape index (κ1) is 15.4. The molecule has 1 fully saturated rings. The quantitative estimate of drug-likeness (QED) is 0.668. The van der Waals surface area contributed by atoms with Crippen LogP contribution in [0.1, 0.15) is 44.0 Å². The molecule has 6 nitrogen and oxygen atoms in total. The molecule has 6 heteroatoms. The fraction of sp³-hybridized carbons (Fsp3) is 0.533. The van der Waals surface area contributed by atoms with Crippen molar-refractivity contribution in [2.75, 3.05) is 6.54 Å². The van der Waals surface area contributed by atoms with Crippen LogP contribution in [0.5, 0.6) is 0 Å². The topological polar surface area (TPSA) is 75.5 Å². The van der Waals surface area contributed by atoms with E-state index in [2.05, 4.69) is 5.32 Å². The molecule has 0 aromatic heterocycles. The van der Waals surface area contributed by atoms with Crippen molar-refractivity contribution in [2.45, 2.75) is 45.8 Å². The number of hydrogen-bond donors (Lipinski definition) is 1. The Labute approximate surface area is 124 Å². The number of amides is 1. The SMILES string of the molecule is CCCN1C(=O)C(CC)NC1c1ccc(C)c([N+](=O)[O-])c1. The molecule has 114 valence electrons. The molecule has 1 aromatic rings. The fourth-order valence-corrected chi connectivity index (χ4v) is 2.72. The van der Waals surface area contributed by atoms with Crippen LogP contribution < -0.4 is 5.32 Å². The zero-order valence-corrected chi connectivity index (χ0v) is 12.6. The van der Waals surface area contributed by atoms with Crippen LogP contribution in [0.15, 0.2) is 18.2 Å². The molecule has 0 radical (unpaired) electrons. The van der Waals surface area contributed by atoms with E-state index in [1.807, 2.05) is 19.9 Å². The minimum Gasteiger partial charge on any atom is -0.322 e. The van der Waals surface area contributed by atoms with Crippen molar-refractivity contribution < 1.29 is 9.72 Å². The summed E-state index contributed by atoms with van der Waals surface area (Å²) < 4.78 is 0. The molecule has 1 aromatic carbocycles. The average molecular weight is 291 g/mol. The predicted molar refractivity (Wildman–Crippen MR) is 79.8 cm³/mol. The Morgan fingerprint density at radius 3 is 2.67 bits per heavy atom. The number of nitrogens with zero attached hydrogens (tertiary/aromatic N) is 2. The molecule has 21 heavy (non-hydrogen) atoms. The number of benzene rings is 1. The van der Waals surface area contributed by atoms with Gasteiger partial charge in [0.05, 0.1) is 11.0 Å². The summed E-state index contributed by atoms with van der Waals surface area (Å²) >= 11 is 0. The normalized spacial score (nSPS) is 21.9. The van der Waals surface area contributed by atoms with E-state index in [9.17, 15) is 14.9 Å². The highest BCUT2D eigenvalue weighted by atomic mass is 16.6. The van der Waals surface area contributed by atoms with E-state index in [4.69, 9.17) is 0 Å². The maximum absolute atomic E-state index is 12.3. The first-order valence-electron chi connectivity index (χ1n) is 7.31. The van der Waals surface area contributed by atoms with Gasteiger partial charge in [0.2, 0.25) is 5.91 Å². The van der Waals surface area contributed by atoms with Gasteiger partial charge in [-0.25, -0.2) is 0 Å². The Hall–Kier alpha value is -1.95. The van der Waals surface area contributed by atoms with E-state index in [0.717, 1.165) is 12.0 Å². The van der Waals surface area contributed by atoms with Gasteiger partial charge in [0.25, 0.3) is 5.69 Å². The monoisotopic (exact) mass is 291 g/mol. The van der Waals surface area contributed by atoms with Crippen molar-refractivity contribution in [3.8, 4) is 0 Å². The second-order valence-electron chi connectivity index (χ2n) is 5.36. The van der Waals surface area contributed by atoms with Crippen LogP contribution in [-0.4, -0.2) is 28.3 Å². The maximum Gasteiger partial charge on any atom is 0.272 e. The van der Waals surface area contributed by atoms with Gasteiger partial charge in [0.15, 0.2) is 0 Å². The number of carbonyl (C=O) groups excluding carboxylic acids is 1. The molecule has 1 aliphatic rings. The van der Waals surface area contributed by atoms with Crippen molar-refractivity contribution >= 4 is 11.6 Å². The van der Waals surface area contributed by atoms with Crippen molar-refractivity contribution in [3.05, 3.63) is 39.4 Å². The van der Waals surface area contributed by atoms with Crippen LogP contribution in [0, 0.1) is 17.0 Å². The molecule has 1 aliphatic heterocycles. The van der Waals surface area contributed by atoms with Gasteiger partial charge in [0, 0.05) is 18.2 Å². The summed E-state index contributed by atoms with van der Waals surface area (Å²) in [6.07, 6.45) is 1.29. The van der Waals surface area contributed by atoms with Crippen LogP contribution in [0.25, 0.3) is 0 Å². The van der Waals surface area contributed by atoms with Crippen molar-refractivity contribution in [1.29, 1.82) is 0 Å². The zero-order valence-electron chi connectivity index (χ0n) is 12.6. The second kappa shape index (κ2) is 6.22. The smallest absolute Gasteiger partial charge is 0.272 e. The lowest BCUT2D eigenvalue weighted by Crippen LogP contribution is -2.31. The highest BCUT2D eigenvalue weighted by Gasteiger charge is 2.38. The molecule has 1 N–H and O–H groups in total. The van der Waals surface area contributed by atoms with E-state index in [0.29, 0.717) is 18.5 Å². The largest absolute Gasteiger partial charge is 0.322 e. The van der Waals surface area contributed by atoms with Crippen LogP contribution in [0.2, 0.25) is 0 Å². The summed E-state index contributed by atoms with van der Waals surface area (Å²) in [5.41, 5.74) is 1.49. The second-order valence-corrected chi connectivity index (χ2v) is 5.36. The lowest BCUT2D eigenvalue weighted by atomic mass is 10.1. The van der Waals surface area contributed by atoms with Gasteiger partial charge in [-0.15, -0.1) is 0 Å². The van der Waals surface area contributed by atoms with Gasteiger partial charge in [-0.3, -0.25) is 20.2 Å². The Kier molecular flexibility index (Phi) is 4.57. The molecule has 0 aliphatic carbocycles. The molecule has 2 unspecified atom stereocenters. The van der Waals surface area contributed by atoms with Crippen LogP contribution in [0.4, 0.5) is 5.69 Å². The third-order valence-corrected chi connectivity index (χ3v) is 3.87. The lowest BCUT2D eigenvalue weighted by Gasteiger charge is -2.24. The molecular formula is C15H21N3O3. The minimum atomic E-state index is -0.378. The van der Waals surface area contributed by atoms with E-state index in [-0.39, 0.29) is 28.7 Å². The lowest BCUT2D eigenvalue weighted by molar-refractivity contribution is -0.385. The van der Waals surface area contributed by atoms with Gasteiger partial charge in [-0.2, -0.15) is 0 Å². The van der Waals surface area contributed by atoms with E-state index in [1.165, 1.54) is 0 Å². The van der Waals surface area contributed by atoms with Crippen LogP contribution in [0.3, 0.4) is 0 Å². The molecule has 0 spiro atoms. The highest BCUT2D eigenvalue weighted by molar-refractivity contribution is 5.84. The molecule has 1 saturated heterocycles. The Morgan fingerprint density at radius 2 is 2.10 bits per heavy atom. The fourth-order valence-electron chi connectivity index (χ4n) is 2.72. The summed E-state index contributed by atoms with van der Waals surface area (Å²) in [5, 5.41) is 14.4. The minimum absolute atomic E-state index is 0.0765. The van der Waals surface area contributed by atoms with Gasteiger partial charge in [-0.1, -0.05) is 26.0 Å². The Bertz CT molecular complexity index is 559. The van der Waals surface area contributed by atoms with E-state index in [1.54, 1.807) is 24.0 Å². The zero-order chi connectivity index (χ0) is 15.6. The first-order valence-corrected chi connectivity index (χ1v) is 7.31. The number of nitro groups is 1. The molecule has 0 saturated carbocycles. The number of aryl methyl sites for hydroxylation is 1. The summed E-state index contributed by atoms with van der Waals surface area (Å²) in [7, 11) is 0. The van der Waals surface area contributed by atoms with Gasteiger partial charge < -0.3 is 4.90 Å². The van der Waals surface area contributed by atoms with Gasteiger partial charge >= 0.3 is 0 Å². The number of rotatable bonds is 5. The number of hydrogen-bond acceptors (Lipinski definition) is 4. The molecular weight excluding hydrogens is 270 g/mol. The van der Waals surface area contributed by atoms with Gasteiger partial charge in [-0.05, 0) is 25.3 Å².